The lowest BCUT2D eigenvalue weighted by Crippen LogP contribution is -2.56. The molecule has 3 nitrogen and oxygen atoms in total. The Labute approximate surface area is 153 Å². The molecule has 4 heteroatoms. The highest BCUT2D eigenvalue weighted by Gasteiger charge is 2.46. The molecular formula is C22H23FN2O. The number of nitrogens with zero attached hydrogens (tertiary/aromatic N) is 2. The van der Waals surface area contributed by atoms with E-state index < -0.39 is 11.4 Å². The number of hydrogen-bond acceptors (Lipinski definition) is 3. The zero-order valence-corrected chi connectivity index (χ0v) is 14.7. The summed E-state index contributed by atoms with van der Waals surface area (Å²) in [4.78, 5) is 2.52. The maximum atomic E-state index is 14.1. The SMILES string of the molecule is N#Cc1ccc(C2(O)CC3CCCC(C2)N3Cc2ccccc2)cc1F. The average molecular weight is 350 g/mol. The fraction of sp³-hybridized carbons (Fsp3) is 0.409. The number of benzene rings is 2. The fourth-order valence-corrected chi connectivity index (χ4v) is 4.70. The summed E-state index contributed by atoms with van der Waals surface area (Å²) in [5, 5.41) is 20.3. The molecule has 2 fully saturated rings. The quantitative estimate of drug-likeness (QED) is 0.906. The molecule has 2 unspecified atom stereocenters. The Morgan fingerprint density at radius 3 is 2.42 bits per heavy atom. The minimum Gasteiger partial charge on any atom is -0.385 e. The van der Waals surface area contributed by atoms with Crippen molar-refractivity contribution in [2.24, 2.45) is 0 Å². The minimum absolute atomic E-state index is 0.0269. The largest absolute Gasteiger partial charge is 0.385 e. The highest BCUT2D eigenvalue weighted by Crippen LogP contribution is 2.45. The van der Waals surface area contributed by atoms with Gasteiger partial charge in [0.1, 0.15) is 11.9 Å². The lowest BCUT2D eigenvalue weighted by molar-refractivity contribution is -0.100. The van der Waals surface area contributed by atoms with Crippen molar-refractivity contribution in [2.75, 3.05) is 0 Å². The average Bonchev–Trinajstić information content (AvgIpc) is 2.63. The van der Waals surface area contributed by atoms with Gasteiger partial charge in [0.2, 0.25) is 0 Å². The second-order valence-corrected chi connectivity index (χ2v) is 7.64. The number of halogens is 1. The van der Waals surface area contributed by atoms with E-state index in [4.69, 9.17) is 5.26 Å². The Bertz CT molecular complexity index is 816. The van der Waals surface area contributed by atoms with Crippen molar-refractivity contribution in [3.63, 3.8) is 0 Å². The van der Waals surface area contributed by atoms with Gasteiger partial charge in [-0.3, -0.25) is 4.90 Å². The number of hydrogen-bond donors (Lipinski definition) is 1. The van der Waals surface area contributed by atoms with E-state index >= 15 is 0 Å². The Morgan fingerprint density at radius 1 is 1.12 bits per heavy atom. The monoisotopic (exact) mass is 350 g/mol. The smallest absolute Gasteiger partial charge is 0.141 e. The molecule has 2 saturated heterocycles. The van der Waals surface area contributed by atoms with Crippen LogP contribution in [0.3, 0.4) is 0 Å². The number of nitriles is 1. The van der Waals surface area contributed by atoms with Gasteiger partial charge < -0.3 is 5.11 Å². The maximum Gasteiger partial charge on any atom is 0.141 e. The highest BCUT2D eigenvalue weighted by atomic mass is 19.1. The third-order valence-electron chi connectivity index (χ3n) is 5.99. The summed E-state index contributed by atoms with van der Waals surface area (Å²) in [6, 6.07) is 17.4. The van der Waals surface area contributed by atoms with Crippen LogP contribution >= 0.6 is 0 Å². The zero-order valence-electron chi connectivity index (χ0n) is 14.7. The number of fused-ring (bicyclic) bond motifs is 2. The Balaban J connectivity index is 1.59. The van der Waals surface area contributed by atoms with Crippen LogP contribution in [0, 0.1) is 17.1 Å². The molecule has 4 rings (SSSR count). The lowest BCUT2D eigenvalue weighted by Gasteiger charge is -2.52. The summed E-state index contributed by atoms with van der Waals surface area (Å²) >= 11 is 0. The lowest BCUT2D eigenvalue weighted by atomic mass is 9.72. The molecule has 0 spiro atoms. The van der Waals surface area contributed by atoms with Crippen molar-refractivity contribution in [1.29, 1.82) is 5.26 Å². The molecule has 0 amide bonds. The summed E-state index contributed by atoms with van der Waals surface area (Å²) in [7, 11) is 0. The summed E-state index contributed by atoms with van der Waals surface area (Å²) in [6.45, 7) is 0.897. The van der Waals surface area contributed by atoms with Crippen LogP contribution in [0.2, 0.25) is 0 Å². The van der Waals surface area contributed by atoms with E-state index in [0.29, 0.717) is 30.5 Å². The molecule has 1 N–H and O–H groups in total. The molecule has 2 atom stereocenters. The maximum absolute atomic E-state index is 14.1. The van der Waals surface area contributed by atoms with Crippen LogP contribution in [0.25, 0.3) is 0 Å². The standard InChI is InChI=1S/C22H23FN2O/c23-21-11-18(10-9-17(21)14-24)22(26)12-19-7-4-8-20(13-22)25(19)15-16-5-2-1-3-6-16/h1-3,5-6,9-11,19-20,26H,4,7-8,12-13,15H2. The van der Waals surface area contributed by atoms with Gasteiger partial charge in [-0.05, 0) is 48.9 Å². The van der Waals surface area contributed by atoms with Crippen molar-refractivity contribution in [3.8, 4) is 6.07 Å². The van der Waals surface area contributed by atoms with Crippen LogP contribution in [0.1, 0.15) is 48.8 Å². The molecule has 0 saturated carbocycles. The molecule has 0 radical (unpaired) electrons. The predicted octanol–water partition coefficient (Wildman–Crippen LogP) is 4.10. The first-order valence-electron chi connectivity index (χ1n) is 9.31. The minimum atomic E-state index is -1.02. The van der Waals surface area contributed by atoms with Gasteiger partial charge in [-0.1, -0.05) is 42.8 Å². The van der Waals surface area contributed by atoms with Gasteiger partial charge in [-0.15, -0.1) is 0 Å². The van der Waals surface area contributed by atoms with E-state index in [1.54, 1.807) is 6.07 Å². The molecule has 0 aliphatic carbocycles. The van der Waals surface area contributed by atoms with Crippen LogP contribution in [0.5, 0.6) is 0 Å². The second-order valence-electron chi connectivity index (χ2n) is 7.64. The van der Waals surface area contributed by atoms with E-state index in [1.165, 1.54) is 24.1 Å². The third kappa shape index (κ3) is 3.13. The van der Waals surface area contributed by atoms with Gasteiger partial charge in [0, 0.05) is 18.6 Å². The number of rotatable bonds is 3. The molecular weight excluding hydrogens is 327 g/mol. The van der Waals surface area contributed by atoms with Crippen LogP contribution < -0.4 is 0 Å². The first kappa shape index (κ1) is 17.2. The second kappa shape index (κ2) is 6.83. The molecule has 2 bridgehead atoms. The molecule has 0 aromatic heterocycles. The van der Waals surface area contributed by atoms with Crippen LogP contribution in [0.4, 0.5) is 4.39 Å². The van der Waals surface area contributed by atoms with E-state index in [-0.39, 0.29) is 5.56 Å². The summed E-state index contributed by atoms with van der Waals surface area (Å²) in [6.07, 6.45) is 4.52. The third-order valence-corrected chi connectivity index (χ3v) is 5.99. The molecule has 2 aliphatic heterocycles. The van der Waals surface area contributed by atoms with Crippen LogP contribution in [-0.2, 0) is 12.1 Å². The van der Waals surface area contributed by atoms with E-state index in [0.717, 1.165) is 19.4 Å². The van der Waals surface area contributed by atoms with Crippen LogP contribution in [-0.4, -0.2) is 22.1 Å². The normalized spacial score (nSPS) is 28.5. The Morgan fingerprint density at radius 2 is 1.81 bits per heavy atom. The van der Waals surface area contributed by atoms with E-state index in [1.807, 2.05) is 12.1 Å². The van der Waals surface area contributed by atoms with Gasteiger partial charge in [-0.2, -0.15) is 5.26 Å². The predicted molar refractivity (Wildman–Crippen MR) is 97.7 cm³/mol. The first-order chi connectivity index (χ1) is 12.6. The molecule has 2 aromatic carbocycles. The Hall–Kier alpha value is -2.22. The molecule has 2 heterocycles. The molecule has 2 aromatic rings. The zero-order chi connectivity index (χ0) is 18.1. The number of aliphatic hydroxyl groups is 1. The molecule has 26 heavy (non-hydrogen) atoms. The molecule has 134 valence electrons. The summed E-state index contributed by atoms with van der Waals surface area (Å²) in [5.41, 5.74) is 0.904. The van der Waals surface area contributed by atoms with Gasteiger partial charge in [0.15, 0.2) is 0 Å². The van der Waals surface area contributed by atoms with Crippen molar-refractivity contribution < 1.29 is 9.50 Å². The first-order valence-corrected chi connectivity index (χ1v) is 9.31. The molecule has 2 aliphatic rings. The van der Waals surface area contributed by atoms with Crippen molar-refractivity contribution in [2.45, 2.75) is 56.3 Å². The summed E-state index contributed by atoms with van der Waals surface area (Å²) in [5.74, 6) is -0.546. The van der Waals surface area contributed by atoms with Crippen molar-refractivity contribution in [1.82, 2.24) is 4.90 Å². The van der Waals surface area contributed by atoms with Crippen molar-refractivity contribution in [3.05, 3.63) is 71.0 Å². The van der Waals surface area contributed by atoms with E-state index in [2.05, 4.69) is 29.2 Å². The van der Waals surface area contributed by atoms with Gasteiger partial charge in [0.25, 0.3) is 0 Å². The fourth-order valence-electron chi connectivity index (χ4n) is 4.70. The topological polar surface area (TPSA) is 47.3 Å². The van der Waals surface area contributed by atoms with Gasteiger partial charge >= 0.3 is 0 Å². The van der Waals surface area contributed by atoms with E-state index in [9.17, 15) is 9.50 Å². The summed E-state index contributed by atoms with van der Waals surface area (Å²) < 4.78 is 14.1. The van der Waals surface area contributed by atoms with Crippen LogP contribution in [0.15, 0.2) is 48.5 Å². The van der Waals surface area contributed by atoms with Crippen molar-refractivity contribution >= 4 is 0 Å². The Kier molecular flexibility index (Phi) is 4.52. The van der Waals surface area contributed by atoms with Gasteiger partial charge in [-0.25, -0.2) is 4.39 Å². The van der Waals surface area contributed by atoms with Gasteiger partial charge in [0.05, 0.1) is 11.2 Å². The highest BCUT2D eigenvalue weighted by molar-refractivity contribution is 5.36. The number of piperidine rings is 2.